The largest absolute Gasteiger partial charge is 0.324 e. The predicted octanol–water partition coefficient (Wildman–Crippen LogP) is 0.00220. The summed E-state index contributed by atoms with van der Waals surface area (Å²) in [7, 11) is 1.56. The van der Waals surface area contributed by atoms with E-state index in [0.717, 1.165) is 51.5 Å². The van der Waals surface area contributed by atoms with Crippen LogP contribution in [0.4, 0.5) is 4.79 Å². The number of carbonyl (C=O) groups is 2. The van der Waals surface area contributed by atoms with Crippen LogP contribution in [0.15, 0.2) is 0 Å². The molecule has 0 aliphatic carbocycles. The molecule has 3 fully saturated rings. The van der Waals surface area contributed by atoms with Gasteiger partial charge >= 0.3 is 6.03 Å². The molecular formula is C14H24N4O2. The van der Waals surface area contributed by atoms with Gasteiger partial charge < -0.3 is 15.5 Å². The summed E-state index contributed by atoms with van der Waals surface area (Å²) >= 11 is 0. The number of piperidine rings is 2. The lowest BCUT2D eigenvalue weighted by Gasteiger charge is -2.39. The maximum atomic E-state index is 12.2. The Hall–Kier alpha value is -1.14. The molecule has 1 unspecified atom stereocenters. The molecule has 6 heteroatoms. The molecule has 0 radical (unpaired) electrons. The van der Waals surface area contributed by atoms with Crippen LogP contribution in [0.25, 0.3) is 0 Å². The Morgan fingerprint density at radius 3 is 2.60 bits per heavy atom. The van der Waals surface area contributed by atoms with Crippen LogP contribution in [-0.4, -0.2) is 67.0 Å². The molecule has 3 aliphatic rings. The van der Waals surface area contributed by atoms with Gasteiger partial charge in [-0.2, -0.15) is 0 Å². The van der Waals surface area contributed by atoms with Gasteiger partial charge in [0.05, 0.1) is 0 Å². The van der Waals surface area contributed by atoms with Crippen molar-refractivity contribution in [2.24, 2.45) is 5.92 Å². The van der Waals surface area contributed by atoms with Crippen molar-refractivity contribution in [3.05, 3.63) is 0 Å². The monoisotopic (exact) mass is 280 g/mol. The summed E-state index contributed by atoms with van der Waals surface area (Å²) in [5.74, 6) is 0.677. The van der Waals surface area contributed by atoms with E-state index in [1.165, 1.54) is 17.7 Å². The van der Waals surface area contributed by atoms with Crippen molar-refractivity contribution in [2.45, 2.75) is 31.2 Å². The number of hydrogen-bond acceptors (Lipinski definition) is 4. The van der Waals surface area contributed by atoms with Gasteiger partial charge in [-0.15, -0.1) is 0 Å². The number of hydrogen-bond donors (Lipinski definition) is 2. The van der Waals surface area contributed by atoms with Crippen LogP contribution in [-0.2, 0) is 4.79 Å². The van der Waals surface area contributed by atoms with Crippen LogP contribution in [0.1, 0.15) is 25.7 Å². The molecule has 0 aromatic rings. The summed E-state index contributed by atoms with van der Waals surface area (Å²) in [6.45, 7) is 5.17. The first-order valence-corrected chi connectivity index (χ1v) is 7.64. The first kappa shape index (κ1) is 13.8. The van der Waals surface area contributed by atoms with E-state index in [-0.39, 0.29) is 11.9 Å². The Morgan fingerprint density at radius 2 is 2.05 bits per heavy atom. The average molecular weight is 280 g/mol. The maximum Gasteiger partial charge on any atom is 0.324 e. The number of likely N-dealkylation sites (N-methyl/N-ethyl adjacent to an activating group) is 1. The molecule has 3 heterocycles. The van der Waals surface area contributed by atoms with Gasteiger partial charge in [-0.25, -0.2) is 4.79 Å². The van der Waals surface area contributed by atoms with E-state index < -0.39 is 5.54 Å². The molecule has 0 aromatic carbocycles. The van der Waals surface area contributed by atoms with Gasteiger partial charge in [0.25, 0.3) is 5.91 Å². The molecule has 1 spiro atoms. The summed E-state index contributed by atoms with van der Waals surface area (Å²) in [5, 5.41) is 6.34. The van der Waals surface area contributed by atoms with Crippen LogP contribution in [0, 0.1) is 5.92 Å². The van der Waals surface area contributed by atoms with Gasteiger partial charge in [-0.3, -0.25) is 9.69 Å². The molecule has 0 aromatic heterocycles. The van der Waals surface area contributed by atoms with Crippen LogP contribution in [0.3, 0.4) is 0 Å². The minimum Gasteiger partial charge on any atom is -0.323 e. The van der Waals surface area contributed by atoms with Crippen molar-refractivity contribution < 1.29 is 9.59 Å². The fourth-order valence-electron chi connectivity index (χ4n) is 3.66. The number of carbonyl (C=O) groups excluding carboxylic acids is 2. The third-order valence-electron chi connectivity index (χ3n) is 4.99. The molecule has 2 N–H and O–H groups in total. The Kier molecular flexibility index (Phi) is 3.69. The zero-order valence-corrected chi connectivity index (χ0v) is 12.2. The lowest BCUT2D eigenvalue weighted by atomic mass is 9.86. The minimum absolute atomic E-state index is 0.0542. The molecule has 20 heavy (non-hydrogen) atoms. The fourth-order valence-corrected chi connectivity index (χ4v) is 3.66. The molecule has 6 nitrogen and oxygen atoms in total. The summed E-state index contributed by atoms with van der Waals surface area (Å²) < 4.78 is 0. The lowest BCUT2D eigenvalue weighted by molar-refractivity contribution is -0.132. The van der Waals surface area contributed by atoms with Crippen LogP contribution >= 0.6 is 0 Å². The molecule has 0 bridgehead atoms. The average Bonchev–Trinajstić information content (AvgIpc) is 2.68. The van der Waals surface area contributed by atoms with E-state index in [2.05, 4.69) is 15.5 Å². The normalized spacial score (nSPS) is 30.9. The number of nitrogens with one attached hydrogen (secondary N) is 2. The Balaban J connectivity index is 1.54. The van der Waals surface area contributed by atoms with Gasteiger partial charge in [0.15, 0.2) is 0 Å². The molecular weight excluding hydrogens is 256 g/mol. The molecule has 0 saturated carbocycles. The van der Waals surface area contributed by atoms with E-state index in [9.17, 15) is 9.59 Å². The van der Waals surface area contributed by atoms with Crippen molar-refractivity contribution in [1.29, 1.82) is 0 Å². The highest BCUT2D eigenvalue weighted by Gasteiger charge is 2.50. The topological polar surface area (TPSA) is 64.7 Å². The van der Waals surface area contributed by atoms with Gasteiger partial charge in [0.1, 0.15) is 5.54 Å². The van der Waals surface area contributed by atoms with Gasteiger partial charge in [0.2, 0.25) is 0 Å². The highest BCUT2D eigenvalue weighted by molar-refractivity contribution is 6.06. The summed E-state index contributed by atoms with van der Waals surface area (Å²) in [4.78, 5) is 27.5. The van der Waals surface area contributed by atoms with Crippen molar-refractivity contribution in [2.75, 3.05) is 39.8 Å². The van der Waals surface area contributed by atoms with Gasteiger partial charge in [-0.05, 0) is 44.7 Å². The Labute approximate surface area is 119 Å². The zero-order valence-electron chi connectivity index (χ0n) is 12.2. The number of likely N-dealkylation sites (tertiary alicyclic amines) is 1. The highest BCUT2D eigenvalue weighted by atomic mass is 16.2. The number of urea groups is 1. The second-order valence-electron chi connectivity index (χ2n) is 6.39. The van der Waals surface area contributed by atoms with E-state index in [4.69, 9.17) is 0 Å². The number of amides is 3. The van der Waals surface area contributed by atoms with Crippen LogP contribution in [0.5, 0.6) is 0 Å². The lowest BCUT2D eigenvalue weighted by Crippen LogP contribution is -2.55. The molecule has 3 saturated heterocycles. The molecule has 3 aliphatic heterocycles. The second-order valence-corrected chi connectivity index (χ2v) is 6.39. The fraction of sp³-hybridized carbons (Fsp3) is 0.857. The molecule has 3 rings (SSSR count). The third kappa shape index (κ3) is 2.42. The van der Waals surface area contributed by atoms with E-state index in [1.54, 1.807) is 7.05 Å². The van der Waals surface area contributed by atoms with E-state index in [1.807, 2.05) is 0 Å². The minimum atomic E-state index is -0.618. The Morgan fingerprint density at radius 1 is 1.30 bits per heavy atom. The van der Waals surface area contributed by atoms with Gasteiger partial charge in [-0.1, -0.05) is 0 Å². The third-order valence-corrected chi connectivity index (χ3v) is 4.99. The first-order valence-electron chi connectivity index (χ1n) is 7.64. The van der Waals surface area contributed by atoms with E-state index >= 15 is 0 Å². The standard InChI is InChI=1S/C14H24N4O2/c1-17-12(19)14(16-13(17)20)4-7-18(8-5-14)10-11-3-2-6-15-9-11/h11,15H,2-10H2,1H3,(H,16,20). The Bertz CT molecular complexity index is 398. The van der Waals surface area contributed by atoms with Gasteiger partial charge in [0, 0.05) is 26.7 Å². The predicted molar refractivity (Wildman–Crippen MR) is 75.3 cm³/mol. The molecule has 3 amide bonds. The van der Waals surface area contributed by atoms with Crippen molar-refractivity contribution in [3.63, 3.8) is 0 Å². The smallest absolute Gasteiger partial charge is 0.323 e. The van der Waals surface area contributed by atoms with E-state index in [0.29, 0.717) is 0 Å². The highest BCUT2D eigenvalue weighted by Crippen LogP contribution is 2.29. The van der Waals surface area contributed by atoms with Crippen molar-refractivity contribution in [1.82, 2.24) is 20.4 Å². The molecule has 112 valence electrons. The molecule has 1 atom stereocenters. The zero-order chi connectivity index (χ0) is 14.2. The summed E-state index contributed by atoms with van der Waals surface area (Å²) in [5.41, 5.74) is -0.618. The number of rotatable bonds is 2. The van der Waals surface area contributed by atoms with Crippen molar-refractivity contribution in [3.8, 4) is 0 Å². The van der Waals surface area contributed by atoms with Crippen molar-refractivity contribution >= 4 is 11.9 Å². The quantitative estimate of drug-likeness (QED) is 0.699. The van der Waals surface area contributed by atoms with Crippen LogP contribution in [0.2, 0.25) is 0 Å². The summed E-state index contributed by atoms with van der Waals surface area (Å²) in [6.07, 6.45) is 4.04. The van der Waals surface area contributed by atoms with Crippen LogP contribution < -0.4 is 10.6 Å². The maximum absolute atomic E-state index is 12.2. The number of nitrogens with zero attached hydrogens (tertiary/aromatic N) is 2. The number of imide groups is 1. The summed E-state index contributed by atoms with van der Waals surface area (Å²) in [6, 6.07) is -0.250. The second kappa shape index (κ2) is 5.33. The first-order chi connectivity index (χ1) is 9.61. The SMILES string of the molecule is CN1C(=O)NC2(CCN(CC3CCCNC3)CC2)C1=O.